The van der Waals surface area contributed by atoms with Crippen molar-refractivity contribution in [3.63, 3.8) is 0 Å². The molecule has 2 saturated heterocycles. The summed E-state index contributed by atoms with van der Waals surface area (Å²) in [5, 5.41) is 0.626. The lowest BCUT2D eigenvalue weighted by Crippen LogP contribution is -2.44. The Balaban J connectivity index is 1.54. The van der Waals surface area contributed by atoms with Crippen LogP contribution < -0.4 is 4.90 Å². The summed E-state index contributed by atoms with van der Waals surface area (Å²) in [5.74, 6) is 2.64. The average molecular weight is 349 g/mol. The average Bonchev–Trinajstić information content (AvgIpc) is 2.88. The van der Waals surface area contributed by atoms with Crippen LogP contribution in [-0.4, -0.2) is 58.0 Å². The Kier molecular flexibility index (Phi) is 6.35. The van der Waals surface area contributed by atoms with E-state index >= 15 is 0 Å². The van der Waals surface area contributed by atoms with E-state index in [2.05, 4.69) is 26.7 Å². The monoisotopic (exact) mass is 348 g/mol. The van der Waals surface area contributed by atoms with Gasteiger partial charge in [-0.05, 0) is 31.4 Å². The van der Waals surface area contributed by atoms with E-state index in [1.165, 1.54) is 12.8 Å². The topological polar surface area (TPSA) is 49.3 Å². The largest absolute Gasteiger partial charge is 0.355 e. The molecule has 1 aromatic rings. The Labute approximate surface area is 149 Å². The van der Waals surface area contributed by atoms with E-state index in [1.807, 2.05) is 18.0 Å². The minimum Gasteiger partial charge on any atom is -0.355 e. The van der Waals surface area contributed by atoms with E-state index in [0.29, 0.717) is 11.2 Å². The molecule has 3 rings (SSSR count). The van der Waals surface area contributed by atoms with Gasteiger partial charge in [0.05, 0.1) is 6.20 Å². The number of piperidine rings is 1. The van der Waals surface area contributed by atoms with Gasteiger partial charge in [-0.25, -0.2) is 4.98 Å². The molecule has 0 saturated carbocycles. The summed E-state index contributed by atoms with van der Waals surface area (Å²) in [7, 11) is 0. The third-order valence-corrected chi connectivity index (χ3v) is 6.25. The maximum Gasteiger partial charge on any atom is 0.225 e. The standard InChI is InChI=1S/C18H28N4OS/c1-2-24-16-5-3-4-10-22(14-16)18(23)15-6-11-21(12-7-15)17-13-19-8-9-20-17/h8-9,13,15-16H,2-7,10-12,14H2,1H3/t16-/m0/s1. The van der Waals surface area contributed by atoms with Crippen molar-refractivity contribution in [2.75, 3.05) is 36.8 Å². The Bertz CT molecular complexity index is 519. The molecule has 0 radical (unpaired) electrons. The molecule has 0 unspecified atom stereocenters. The maximum absolute atomic E-state index is 13.0. The van der Waals surface area contributed by atoms with Crippen molar-refractivity contribution in [2.24, 2.45) is 5.92 Å². The lowest BCUT2D eigenvalue weighted by Gasteiger charge is -2.35. The Morgan fingerprint density at radius 3 is 2.75 bits per heavy atom. The molecule has 0 aliphatic carbocycles. The summed E-state index contributed by atoms with van der Waals surface area (Å²) in [6.07, 6.45) is 10.8. The molecule has 1 aromatic heterocycles. The minimum atomic E-state index is 0.184. The van der Waals surface area contributed by atoms with E-state index in [9.17, 15) is 4.79 Å². The molecule has 2 fully saturated rings. The normalized spacial score (nSPS) is 23.1. The second kappa shape index (κ2) is 8.70. The first-order chi connectivity index (χ1) is 11.8. The van der Waals surface area contributed by atoms with Crippen LogP contribution in [0.4, 0.5) is 5.82 Å². The second-order valence-electron chi connectivity index (χ2n) is 6.68. The van der Waals surface area contributed by atoms with Crippen molar-refractivity contribution in [2.45, 2.75) is 44.3 Å². The number of hydrogen-bond donors (Lipinski definition) is 0. The number of nitrogens with zero attached hydrogens (tertiary/aromatic N) is 4. The number of carbonyl (C=O) groups is 1. The van der Waals surface area contributed by atoms with Gasteiger partial charge in [0.2, 0.25) is 5.91 Å². The van der Waals surface area contributed by atoms with Crippen LogP contribution in [0.1, 0.15) is 39.0 Å². The van der Waals surface area contributed by atoms with Crippen LogP contribution in [0.2, 0.25) is 0 Å². The SMILES string of the molecule is CCS[C@H]1CCCCN(C(=O)C2CCN(c3cnccn3)CC2)C1. The lowest BCUT2D eigenvalue weighted by atomic mass is 9.95. The molecule has 0 bridgehead atoms. The first-order valence-corrected chi connectivity index (χ1v) is 10.2. The number of aromatic nitrogens is 2. The van der Waals surface area contributed by atoms with Gasteiger partial charge >= 0.3 is 0 Å². The summed E-state index contributed by atoms with van der Waals surface area (Å²) in [4.78, 5) is 25.9. The van der Waals surface area contributed by atoms with Crippen LogP contribution in [-0.2, 0) is 4.79 Å². The zero-order valence-electron chi connectivity index (χ0n) is 14.6. The maximum atomic E-state index is 13.0. The van der Waals surface area contributed by atoms with Crippen molar-refractivity contribution >= 4 is 23.5 Å². The van der Waals surface area contributed by atoms with Gasteiger partial charge in [-0.1, -0.05) is 13.3 Å². The van der Waals surface area contributed by atoms with E-state index in [-0.39, 0.29) is 5.92 Å². The van der Waals surface area contributed by atoms with E-state index in [4.69, 9.17) is 0 Å². The van der Waals surface area contributed by atoms with Crippen molar-refractivity contribution in [3.05, 3.63) is 18.6 Å². The van der Waals surface area contributed by atoms with Gasteiger partial charge in [-0.2, -0.15) is 11.8 Å². The number of thioether (sulfide) groups is 1. The molecule has 132 valence electrons. The van der Waals surface area contributed by atoms with E-state index in [1.54, 1.807) is 12.4 Å². The predicted octanol–water partition coefficient (Wildman–Crippen LogP) is 2.83. The highest BCUT2D eigenvalue weighted by molar-refractivity contribution is 7.99. The zero-order valence-corrected chi connectivity index (χ0v) is 15.4. The number of likely N-dealkylation sites (tertiary alicyclic amines) is 1. The zero-order chi connectivity index (χ0) is 16.8. The highest BCUT2D eigenvalue weighted by Crippen LogP contribution is 2.26. The minimum absolute atomic E-state index is 0.184. The highest BCUT2D eigenvalue weighted by atomic mass is 32.2. The summed E-state index contributed by atoms with van der Waals surface area (Å²) < 4.78 is 0. The van der Waals surface area contributed by atoms with Gasteiger partial charge in [-0.3, -0.25) is 9.78 Å². The fourth-order valence-corrected chi connectivity index (χ4v) is 4.83. The molecular formula is C18H28N4OS. The smallest absolute Gasteiger partial charge is 0.225 e. The third-order valence-electron chi connectivity index (χ3n) is 5.06. The molecule has 6 heteroatoms. The van der Waals surface area contributed by atoms with Gasteiger partial charge in [0.25, 0.3) is 0 Å². The Morgan fingerprint density at radius 2 is 2.04 bits per heavy atom. The van der Waals surface area contributed by atoms with Gasteiger partial charge in [0, 0.05) is 49.7 Å². The molecule has 24 heavy (non-hydrogen) atoms. The predicted molar refractivity (Wildman–Crippen MR) is 99.3 cm³/mol. The van der Waals surface area contributed by atoms with E-state index in [0.717, 1.165) is 57.0 Å². The molecule has 0 N–H and O–H groups in total. The number of carbonyl (C=O) groups excluding carboxylic acids is 1. The van der Waals surface area contributed by atoms with Crippen molar-refractivity contribution < 1.29 is 4.79 Å². The van der Waals surface area contributed by atoms with Crippen LogP contribution in [0, 0.1) is 5.92 Å². The van der Waals surface area contributed by atoms with Crippen LogP contribution in [0.3, 0.4) is 0 Å². The number of anilines is 1. The van der Waals surface area contributed by atoms with Crippen molar-refractivity contribution in [1.82, 2.24) is 14.9 Å². The second-order valence-corrected chi connectivity index (χ2v) is 8.26. The van der Waals surface area contributed by atoms with Crippen LogP contribution in [0.15, 0.2) is 18.6 Å². The first-order valence-electron chi connectivity index (χ1n) is 9.19. The van der Waals surface area contributed by atoms with Gasteiger partial charge in [0.1, 0.15) is 5.82 Å². The first kappa shape index (κ1) is 17.5. The molecule has 3 heterocycles. The van der Waals surface area contributed by atoms with E-state index < -0.39 is 0 Å². The highest BCUT2D eigenvalue weighted by Gasteiger charge is 2.31. The lowest BCUT2D eigenvalue weighted by molar-refractivity contribution is -0.136. The Morgan fingerprint density at radius 1 is 1.21 bits per heavy atom. The van der Waals surface area contributed by atoms with Crippen LogP contribution in [0.25, 0.3) is 0 Å². The van der Waals surface area contributed by atoms with Gasteiger partial charge in [0.15, 0.2) is 0 Å². The molecule has 1 amide bonds. The third kappa shape index (κ3) is 4.41. The molecular weight excluding hydrogens is 320 g/mol. The van der Waals surface area contributed by atoms with Crippen molar-refractivity contribution in [1.29, 1.82) is 0 Å². The quantitative estimate of drug-likeness (QED) is 0.837. The molecule has 0 spiro atoms. The fraction of sp³-hybridized carbons (Fsp3) is 0.722. The summed E-state index contributed by atoms with van der Waals surface area (Å²) in [6.45, 7) is 5.90. The molecule has 1 atom stereocenters. The molecule has 5 nitrogen and oxygen atoms in total. The molecule has 2 aliphatic rings. The molecule has 0 aromatic carbocycles. The number of hydrogen-bond acceptors (Lipinski definition) is 5. The summed E-state index contributed by atoms with van der Waals surface area (Å²) >= 11 is 2.01. The number of amides is 1. The number of rotatable bonds is 4. The van der Waals surface area contributed by atoms with Gasteiger partial charge < -0.3 is 9.80 Å². The van der Waals surface area contributed by atoms with Crippen molar-refractivity contribution in [3.8, 4) is 0 Å². The summed E-state index contributed by atoms with van der Waals surface area (Å²) in [6, 6.07) is 0. The van der Waals surface area contributed by atoms with Gasteiger partial charge in [-0.15, -0.1) is 0 Å². The summed E-state index contributed by atoms with van der Waals surface area (Å²) in [5.41, 5.74) is 0. The van der Waals surface area contributed by atoms with Crippen LogP contribution >= 0.6 is 11.8 Å². The Hall–Kier alpha value is -1.30. The fourth-order valence-electron chi connectivity index (χ4n) is 3.74. The van der Waals surface area contributed by atoms with Crippen LogP contribution in [0.5, 0.6) is 0 Å². The molecule has 2 aliphatic heterocycles.